The minimum atomic E-state index is -0.463. The van der Waals surface area contributed by atoms with Gasteiger partial charge in [0.25, 0.3) is 0 Å². The van der Waals surface area contributed by atoms with Crippen LogP contribution >= 0.6 is 11.6 Å². The molecule has 8 heteroatoms. The number of aryl methyl sites for hydroxylation is 3. The summed E-state index contributed by atoms with van der Waals surface area (Å²) in [6.45, 7) is 8.77. The van der Waals surface area contributed by atoms with Crippen LogP contribution in [0.25, 0.3) is 5.65 Å². The number of nitrogens with zero attached hydrogens (tertiary/aromatic N) is 3. The van der Waals surface area contributed by atoms with Gasteiger partial charge in [0.05, 0.1) is 18.2 Å². The van der Waals surface area contributed by atoms with Crippen molar-refractivity contribution in [2.45, 2.75) is 40.0 Å². The molecule has 2 N–H and O–H groups in total. The zero-order chi connectivity index (χ0) is 19.6. The highest BCUT2D eigenvalue weighted by Crippen LogP contribution is 2.21. The molecule has 0 spiro atoms. The molecule has 1 amide bonds. The third kappa shape index (κ3) is 4.24. The maximum absolute atomic E-state index is 12.3. The van der Waals surface area contributed by atoms with Crippen LogP contribution in [0.3, 0.4) is 0 Å². The third-order valence-corrected chi connectivity index (χ3v) is 4.86. The summed E-state index contributed by atoms with van der Waals surface area (Å²) in [5.74, 6) is 0.731. The summed E-state index contributed by atoms with van der Waals surface area (Å²) in [4.78, 5) is 16.7. The average molecular weight is 390 g/mol. The van der Waals surface area contributed by atoms with E-state index in [2.05, 4.69) is 33.5 Å². The Morgan fingerprint density at radius 2 is 2.15 bits per heavy atom. The predicted octanol–water partition coefficient (Wildman–Crippen LogP) is 3.32. The highest BCUT2D eigenvalue weighted by Gasteiger charge is 2.21. The number of hydrogen-bond donors (Lipinski definition) is 2. The lowest BCUT2D eigenvalue weighted by Gasteiger charge is -2.11. The van der Waals surface area contributed by atoms with Crippen molar-refractivity contribution in [1.82, 2.24) is 25.1 Å². The van der Waals surface area contributed by atoms with Gasteiger partial charge in [0.1, 0.15) is 10.8 Å². The van der Waals surface area contributed by atoms with Crippen molar-refractivity contribution in [2.75, 3.05) is 13.2 Å². The molecule has 0 radical (unpaired) electrons. The van der Waals surface area contributed by atoms with Crippen LogP contribution < -0.4 is 10.1 Å². The molecular weight excluding hydrogens is 366 g/mol. The molecule has 3 rings (SSSR count). The maximum atomic E-state index is 12.3. The maximum Gasteiger partial charge on any atom is 0.230 e. The van der Waals surface area contributed by atoms with Crippen molar-refractivity contribution in [1.29, 1.82) is 0 Å². The molecule has 1 unspecified atom stereocenters. The van der Waals surface area contributed by atoms with Gasteiger partial charge in [-0.15, -0.1) is 5.10 Å². The van der Waals surface area contributed by atoms with Gasteiger partial charge in [-0.1, -0.05) is 29.3 Å². The largest absolute Gasteiger partial charge is 0.493 e. The smallest absolute Gasteiger partial charge is 0.230 e. The number of nitrogens with one attached hydrogen (secondary N) is 2. The number of aromatic nitrogens is 4. The summed E-state index contributed by atoms with van der Waals surface area (Å²) in [5, 5.41) is 10.7. The Hall–Kier alpha value is -2.54. The topological polar surface area (TPSA) is 84.3 Å². The molecule has 3 aromatic rings. The lowest BCUT2D eigenvalue weighted by molar-refractivity contribution is -0.122. The van der Waals surface area contributed by atoms with Gasteiger partial charge in [-0.3, -0.25) is 9.89 Å². The second-order valence-corrected chi connectivity index (χ2v) is 7.12. The van der Waals surface area contributed by atoms with Gasteiger partial charge >= 0.3 is 0 Å². The van der Waals surface area contributed by atoms with Crippen LogP contribution in [0.15, 0.2) is 18.2 Å². The van der Waals surface area contributed by atoms with Gasteiger partial charge in [-0.2, -0.15) is 4.63 Å². The monoisotopic (exact) mass is 389 g/mol. The molecule has 0 aliphatic rings. The molecule has 0 bridgehead atoms. The van der Waals surface area contributed by atoms with Crippen LogP contribution in [0.5, 0.6) is 5.75 Å². The van der Waals surface area contributed by atoms with E-state index in [1.54, 1.807) is 6.92 Å². The number of carbonyl (C=O) groups excluding carboxylic acids is 1. The fourth-order valence-electron chi connectivity index (χ4n) is 2.80. The number of carbonyl (C=O) groups is 1. The first-order chi connectivity index (χ1) is 12.9. The molecule has 2 aromatic heterocycles. The number of amides is 1. The van der Waals surface area contributed by atoms with Crippen molar-refractivity contribution in [3.63, 3.8) is 0 Å². The molecule has 0 saturated heterocycles. The molecule has 144 valence electrons. The zero-order valence-corrected chi connectivity index (χ0v) is 16.7. The fourth-order valence-corrected chi connectivity index (χ4v) is 2.97. The normalized spacial score (nSPS) is 12.3. The predicted molar refractivity (Wildman–Crippen MR) is 105 cm³/mol. The summed E-state index contributed by atoms with van der Waals surface area (Å²) in [7, 11) is 0. The van der Waals surface area contributed by atoms with Crippen molar-refractivity contribution < 1.29 is 9.53 Å². The van der Waals surface area contributed by atoms with Gasteiger partial charge in [0.2, 0.25) is 5.91 Å². The number of fused-ring (bicyclic) bond motifs is 1. The quantitative estimate of drug-likeness (QED) is 0.607. The van der Waals surface area contributed by atoms with Crippen LogP contribution in [-0.4, -0.2) is 38.9 Å². The van der Waals surface area contributed by atoms with Crippen molar-refractivity contribution in [3.05, 3.63) is 45.9 Å². The molecular formula is C19H24ClN5O2. The van der Waals surface area contributed by atoms with E-state index in [4.69, 9.17) is 16.3 Å². The van der Waals surface area contributed by atoms with Crippen LogP contribution in [-0.2, 0) is 4.79 Å². The Kier molecular flexibility index (Phi) is 5.70. The van der Waals surface area contributed by atoms with Crippen LogP contribution in [0.2, 0.25) is 5.02 Å². The highest BCUT2D eigenvalue weighted by molar-refractivity contribution is 6.34. The number of rotatable bonds is 7. The SMILES string of the molecule is Cc1ccc(OCCCNC(=O)C(C)c2nc3c(Cl)c(C)[nH]n3n2)c(C)c1. The van der Waals surface area contributed by atoms with E-state index in [0.29, 0.717) is 36.1 Å². The number of aromatic amines is 1. The molecule has 0 fully saturated rings. The number of H-pyrrole nitrogens is 1. The summed E-state index contributed by atoms with van der Waals surface area (Å²) >= 11 is 6.16. The molecule has 0 aliphatic heterocycles. The van der Waals surface area contributed by atoms with Gasteiger partial charge in [0, 0.05) is 6.54 Å². The average Bonchev–Trinajstić information content (AvgIpc) is 3.15. The number of halogens is 1. The zero-order valence-electron chi connectivity index (χ0n) is 16.0. The Balaban J connectivity index is 1.46. The summed E-state index contributed by atoms with van der Waals surface area (Å²) in [5.41, 5.74) is 3.65. The Morgan fingerprint density at radius 1 is 1.37 bits per heavy atom. The Morgan fingerprint density at radius 3 is 2.85 bits per heavy atom. The van der Waals surface area contributed by atoms with E-state index in [9.17, 15) is 4.79 Å². The standard InChI is InChI=1S/C19H24ClN5O2/c1-11-6-7-15(12(2)10-11)27-9-5-8-21-19(26)13(3)17-22-18-16(20)14(4)23-25(18)24-17/h6-7,10,13,23H,5,8-9H2,1-4H3,(H,21,26). The van der Waals surface area contributed by atoms with E-state index in [0.717, 1.165) is 17.0 Å². The van der Waals surface area contributed by atoms with Crippen molar-refractivity contribution in [3.8, 4) is 5.75 Å². The first-order valence-electron chi connectivity index (χ1n) is 8.95. The first kappa shape index (κ1) is 19.2. The van der Waals surface area contributed by atoms with Crippen LogP contribution in [0.1, 0.15) is 41.9 Å². The minimum Gasteiger partial charge on any atom is -0.493 e. The Labute approximate surface area is 163 Å². The van der Waals surface area contributed by atoms with E-state index in [1.807, 2.05) is 26.0 Å². The van der Waals surface area contributed by atoms with Crippen LogP contribution in [0.4, 0.5) is 0 Å². The Bertz CT molecular complexity index is 963. The van der Waals surface area contributed by atoms with Gasteiger partial charge in [-0.25, -0.2) is 4.98 Å². The molecule has 1 aromatic carbocycles. The van der Waals surface area contributed by atoms with E-state index < -0.39 is 5.92 Å². The summed E-state index contributed by atoms with van der Waals surface area (Å²) in [6, 6.07) is 6.09. The minimum absolute atomic E-state index is 0.123. The van der Waals surface area contributed by atoms with E-state index in [1.165, 1.54) is 10.2 Å². The van der Waals surface area contributed by atoms with E-state index >= 15 is 0 Å². The van der Waals surface area contributed by atoms with Crippen molar-refractivity contribution >= 4 is 23.2 Å². The van der Waals surface area contributed by atoms with E-state index in [-0.39, 0.29) is 5.91 Å². The lowest BCUT2D eigenvalue weighted by atomic mass is 10.1. The molecule has 0 aliphatic carbocycles. The fraction of sp³-hybridized carbons (Fsp3) is 0.421. The first-order valence-corrected chi connectivity index (χ1v) is 9.33. The molecule has 0 saturated carbocycles. The molecule has 27 heavy (non-hydrogen) atoms. The number of benzene rings is 1. The summed E-state index contributed by atoms with van der Waals surface area (Å²) in [6.07, 6.45) is 0.716. The van der Waals surface area contributed by atoms with Gasteiger partial charge < -0.3 is 10.1 Å². The number of ether oxygens (including phenoxy) is 1. The van der Waals surface area contributed by atoms with Gasteiger partial charge in [-0.05, 0) is 45.7 Å². The van der Waals surface area contributed by atoms with Crippen LogP contribution in [0, 0.1) is 20.8 Å². The second kappa shape index (κ2) is 8.00. The van der Waals surface area contributed by atoms with Crippen molar-refractivity contribution in [2.24, 2.45) is 0 Å². The van der Waals surface area contributed by atoms with Gasteiger partial charge in [0.15, 0.2) is 11.5 Å². The highest BCUT2D eigenvalue weighted by atomic mass is 35.5. The lowest BCUT2D eigenvalue weighted by Crippen LogP contribution is -2.30. The second-order valence-electron chi connectivity index (χ2n) is 6.74. The third-order valence-electron chi connectivity index (χ3n) is 4.41. The summed E-state index contributed by atoms with van der Waals surface area (Å²) < 4.78 is 7.27. The number of hydrogen-bond acceptors (Lipinski definition) is 4. The molecule has 1 atom stereocenters. The molecule has 7 nitrogen and oxygen atoms in total. The molecule has 2 heterocycles.